The fraction of sp³-hybridized carbons (Fsp3) is 0.455. The molecule has 13 heavy (non-hydrogen) atoms. The molecule has 0 atom stereocenters. The molecule has 2 heteroatoms. The Hall–Kier alpha value is -1.18. The van der Waals surface area contributed by atoms with E-state index in [9.17, 15) is 0 Å². The van der Waals surface area contributed by atoms with Gasteiger partial charge in [0.15, 0.2) is 0 Å². The fourth-order valence-electron chi connectivity index (χ4n) is 2.31. The molecule has 70 valence electrons. The Bertz CT molecular complexity index is 353. The first-order valence-electron chi connectivity index (χ1n) is 4.70. The van der Waals surface area contributed by atoms with Crippen molar-refractivity contribution in [2.45, 2.75) is 32.1 Å². The van der Waals surface area contributed by atoms with Gasteiger partial charge in [-0.15, -0.1) is 0 Å². The molecule has 0 saturated heterocycles. The zero-order valence-corrected chi connectivity index (χ0v) is 8.22. The summed E-state index contributed by atoms with van der Waals surface area (Å²) in [5.74, 6) is 0. The highest BCUT2D eigenvalue weighted by Gasteiger charge is 2.32. The largest absolute Gasteiger partial charge is 0.398 e. The molecule has 1 aliphatic rings. The molecule has 1 aliphatic carbocycles. The number of hydrogen-bond donors (Lipinski definition) is 2. The second-order valence-corrected chi connectivity index (χ2v) is 4.48. The Morgan fingerprint density at radius 1 is 1.15 bits per heavy atom. The van der Waals surface area contributed by atoms with Gasteiger partial charge in [0, 0.05) is 11.4 Å². The van der Waals surface area contributed by atoms with E-state index in [4.69, 9.17) is 11.5 Å². The summed E-state index contributed by atoms with van der Waals surface area (Å²) in [6, 6.07) is 3.83. The molecule has 4 N–H and O–H groups in total. The van der Waals surface area contributed by atoms with E-state index in [0.29, 0.717) is 0 Å². The maximum Gasteiger partial charge on any atom is 0.0356 e. The molecular formula is C11H16N2. The lowest BCUT2D eigenvalue weighted by Gasteiger charge is -2.21. The van der Waals surface area contributed by atoms with Gasteiger partial charge in [-0.05, 0) is 41.5 Å². The molecule has 2 nitrogen and oxygen atoms in total. The minimum absolute atomic E-state index is 0.203. The molecule has 1 aromatic rings. The van der Waals surface area contributed by atoms with E-state index in [1.165, 1.54) is 11.1 Å². The molecule has 0 spiro atoms. The van der Waals surface area contributed by atoms with E-state index in [-0.39, 0.29) is 5.41 Å². The standard InChI is InChI=1S/C11H16N2/c1-11(2)6-5-7-8(12)3-4-9(13)10(7)11/h3-4H,5-6,12-13H2,1-2H3. The molecule has 0 aliphatic heterocycles. The lowest BCUT2D eigenvalue weighted by atomic mass is 9.85. The second kappa shape index (κ2) is 2.41. The van der Waals surface area contributed by atoms with Crippen molar-refractivity contribution in [3.63, 3.8) is 0 Å². The van der Waals surface area contributed by atoms with Crippen LogP contribution in [0.1, 0.15) is 31.4 Å². The van der Waals surface area contributed by atoms with Gasteiger partial charge in [-0.25, -0.2) is 0 Å². The lowest BCUT2D eigenvalue weighted by molar-refractivity contribution is 0.524. The van der Waals surface area contributed by atoms with Gasteiger partial charge < -0.3 is 11.5 Å². The Morgan fingerprint density at radius 2 is 1.77 bits per heavy atom. The Labute approximate surface area is 78.9 Å². The average Bonchev–Trinajstić information content (AvgIpc) is 2.36. The third-order valence-corrected chi connectivity index (χ3v) is 3.06. The number of fused-ring (bicyclic) bond motifs is 1. The van der Waals surface area contributed by atoms with Crippen molar-refractivity contribution in [1.82, 2.24) is 0 Å². The first kappa shape index (κ1) is 8.42. The summed E-state index contributed by atoms with van der Waals surface area (Å²) in [7, 11) is 0. The van der Waals surface area contributed by atoms with Gasteiger partial charge >= 0.3 is 0 Å². The summed E-state index contributed by atoms with van der Waals surface area (Å²) in [5.41, 5.74) is 16.4. The molecule has 0 bridgehead atoms. The number of nitrogen functional groups attached to an aromatic ring is 2. The van der Waals surface area contributed by atoms with Crippen LogP contribution in [0.15, 0.2) is 12.1 Å². The Morgan fingerprint density at radius 3 is 2.38 bits per heavy atom. The second-order valence-electron chi connectivity index (χ2n) is 4.48. The van der Waals surface area contributed by atoms with Gasteiger partial charge in [0.05, 0.1) is 0 Å². The summed E-state index contributed by atoms with van der Waals surface area (Å²) in [5, 5.41) is 0. The van der Waals surface area contributed by atoms with Crippen LogP contribution in [-0.2, 0) is 11.8 Å². The highest BCUT2D eigenvalue weighted by Crippen LogP contribution is 2.43. The topological polar surface area (TPSA) is 52.0 Å². The van der Waals surface area contributed by atoms with Gasteiger partial charge in [0.25, 0.3) is 0 Å². The Balaban J connectivity index is 2.70. The maximum absolute atomic E-state index is 5.96. The van der Waals surface area contributed by atoms with Crippen molar-refractivity contribution < 1.29 is 0 Å². The van der Waals surface area contributed by atoms with Crippen LogP contribution >= 0.6 is 0 Å². The van der Waals surface area contributed by atoms with Gasteiger partial charge in [-0.3, -0.25) is 0 Å². The molecule has 0 unspecified atom stereocenters. The van der Waals surface area contributed by atoms with Crippen LogP contribution in [0.4, 0.5) is 11.4 Å². The summed E-state index contributed by atoms with van der Waals surface area (Å²) >= 11 is 0. The van der Waals surface area contributed by atoms with Crippen molar-refractivity contribution in [2.24, 2.45) is 0 Å². The van der Waals surface area contributed by atoms with Gasteiger partial charge in [0.2, 0.25) is 0 Å². The van der Waals surface area contributed by atoms with Crippen molar-refractivity contribution in [2.75, 3.05) is 11.5 Å². The zero-order chi connectivity index (χ0) is 9.64. The minimum atomic E-state index is 0.203. The van der Waals surface area contributed by atoms with Crippen LogP contribution in [0, 0.1) is 0 Å². The number of hydrogen-bond acceptors (Lipinski definition) is 2. The number of rotatable bonds is 0. The van der Waals surface area contributed by atoms with Crippen molar-refractivity contribution in [1.29, 1.82) is 0 Å². The summed E-state index contributed by atoms with van der Waals surface area (Å²) in [4.78, 5) is 0. The normalized spacial score (nSPS) is 18.6. The van der Waals surface area contributed by atoms with Crippen LogP contribution in [0.3, 0.4) is 0 Å². The molecule has 0 aromatic heterocycles. The van der Waals surface area contributed by atoms with Crippen LogP contribution in [0.2, 0.25) is 0 Å². The van der Waals surface area contributed by atoms with Crippen LogP contribution < -0.4 is 11.5 Å². The maximum atomic E-state index is 5.96. The predicted molar refractivity (Wildman–Crippen MR) is 56.6 cm³/mol. The van der Waals surface area contributed by atoms with E-state index >= 15 is 0 Å². The molecule has 0 saturated carbocycles. The zero-order valence-electron chi connectivity index (χ0n) is 8.22. The first-order chi connectivity index (χ1) is 6.02. The molecule has 1 aromatic carbocycles. The third kappa shape index (κ3) is 1.09. The van der Waals surface area contributed by atoms with Crippen molar-refractivity contribution in [3.8, 4) is 0 Å². The summed E-state index contributed by atoms with van der Waals surface area (Å²) in [6.45, 7) is 4.46. The van der Waals surface area contributed by atoms with E-state index in [2.05, 4.69) is 13.8 Å². The average molecular weight is 176 g/mol. The highest BCUT2D eigenvalue weighted by atomic mass is 14.6. The molecule has 0 heterocycles. The quantitative estimate of drug-likeness (QED) is 0.594. The van der Waals surface area contributed by atoms with Crippen molar-refractivity contribution >= 4 is 11.4 Å². The monoisotopic (exact) mass is 176 g/mol. The van der Waals surface area contributed by atoms with E-state index in [1.807, 2.05) is 12.1 Å². The Kier molecular flexibility index (Phi) is 1.56. The van der Waals surface area contributed by atoms with E-state index in [0.717, 1.165) is 24.2 Å². The van der Waals surface area contributed by atoms with E-state index < -0.39 is 0 Å². The number of nitrogens with two attached hydrogens (primary N) is 2. The number of anilines is 2. The first-order valence-corrected chi connectivity index (χ1v) is 4.70. The SMILES string of the molecule is CC1(C)CCc2c(N)ccc(N)c21. The summed E-state index contributed by atoms with van der Waals surface area (Å²) < 4.78 is 0. The van der Waals surface area contributed by atoms with Gasteiger partial charge in [-0.2, -0.15) is 0 Å². The number of benzene rings is 1. The molecule has 2 rings (SSSR count). The summed E-state index contributed by atoms with van der Waals surface area (Å²) in [6.07, 6.45) is 2.22. The molecular weight excluding hydrogens is 160 g/mol. The molecule has 0 fully saturated rings. The van der Waals surface area contributed by atoms with E-state index in [1.54, 1.807) is 0 Å². The van der Waals surface area contributed by atoms with Crippen molar-refractivity contribution in [3.05, 3.63) is 23.3 Å². The highest BCUT2D eigenvalue weighted by molar-refractivity contribution is 5.66. The van der Waals surface area contributed by atoms with Gasteiger partial charge in [0.1, 0.15) is 0 Å². The molecule has 0 amide bonds. The van der Waals surface area contributed by atoms with Gasteiger partial charge in [-0.1, -0.05) is 13.8 Å². The smallest absolute Gasteiger partial charge is 0.0356 e. The minimum Gasteiger partial charge on any atom is -0.398 e. The van der Waals surface area contributed by atoms with Crippen LogP contribution in [0.5, 0.6) is 0 Å². The van der Waals surface area contributed by atoms with Crippen LogP contribution in [0.25, 0.3) is 0 Å². The predicted octanol–water partition coefficient (Wildman–Crippen LogP) is 2.07. The third-order valence-electron chi connectivity index (χ3n) is 3.06. The molecule has 0 radical (unpaired) electrons. The van der Waals surface area contributed by atoms with Crippen LogP contribution in [-0.4, -0.2) is 0 Å². The fourth-order valence-corrected chi connectivity index (χ4v) is 2.31. The lowest BCUT2D eigenvalue weighted by Crippen LogP contribution is -2.14.